The fourth-order valence-electron chi connectivity index (χ4n) is 3.90. The van der Waals surface area contributed by atoms with Crippen molar-refractivity contribution >= 4 is 28.2 Å². The smallest absolute Gasteiger partial charge is 0.274 e. The third-order valence-corrected chi connectivity index (χ3v) is 5.54. The van der Waals surface area contributed by atoms with Crippen LogP contribution >= 0.6 is 0 Å². The largest absolute Gasteiger partial charge is 0.367 e. The molecule has 4 aromatic rings. The molecule has 1 aliphatic heterocycles. The minimum atomic E-state index is -0.283. The number of amides is 1. The van der Waals surface area contributed by atoms with Gasteiger partial charge < -0.3 is 20.1 Å². The van der Waals surface area contributed by atoms with Crippen LogP contribution in [0.2, 0.25) is 0 Å². The van der Waals surface area contributed by atoms with E-state index in [4.69, 9.17) is 0 Å². The van der Waals surface area contributed by atoms with Crippen LogP contribution in [0.1, 0.15) is 10.5 Å². The summed E-state index contributed by atoms with van der Waals surface area (Å²) in [6, 6.07) is 11.7. The molecule has 0 bridgehead atoms. The van der Waals surface area contributed by atoms with Gasteiger partial charge in [-0.05, 0) is 36.4 Å². The van der Waals surface area contributed by atoms with Gasteiger partial charge in [0.15, 0.2) is 5.82 Å². The van der Waals surface area contributed by atoms with E-state index in [-0.39, 0.29) is 5.91 Å². The van der Waals surface area contributed by atoms with Crippen LogP contribution in [0.3, 0.4) is 0 Å². The average Bonchev–Trinajstić information content (AvgIpc) is 3.20. The van der Waals surface area contributed by atoms with Crippen LogP contribution in [0.25, 0.3) is 22.3 Å². The number of carbonyl (C=O) groups excluding carboxylic acids is 1. The van der Waals surface area contributed by atoms with Gasteiger partial charge in [0.2, 0.25) is 0 Å². The molecule has 1 aliphatic rings. The number of hydrogen-bond acceptors (Lipinski definition) is 6. The zero-order chi connectivity index (χ0) is 21.2. The first-order chi connectivity index (χ1) is 15.2. The molecule has 5 rings (SSSR count). The Morgan fingerprint density at radius 3 is 2.84 bits per heavy atom. The summed E-state index contributed by atoms with van der Waals surface area (Å²) in [6.07, 6.45) is 7.06. The van der Waals surface area contributed by atoms with E-state index in [1.165, 1.54) is 0 Å². The molecule has 3 aromatic heterocycles. The minimum Gasteiger partial charge on any atom is -0.367 e. The minimum absolute atomic E-state index is 0.283. The van der Waals surface area contributed by atoms with Crippen LogP contribution in [0.4, 0.5) is 11.4 Å². The van der Waals surface area contributed by atoms with Gasteiger partial charge in [-0.15, -0.1) is 0 Å². The highest BCUT2D eigenvalue weighted by molar-refractivity contribution is 6.04. The van der Waals surface area contributed by atoms with E-state index in [0.717, 1.165) is 48.3 Å². The Bertz CT molecular complexity index is 1240. The maximum absolute atomic E-state index is 13.0. The SMILES string of the molecule is Cn1ccc2cc(-c3nccc(C(=O)Nc4cnccc4N4CCNCC4)n3)ccc21. The van der Waals surface area contributed by atoms with Gasteiger partial charge >= 0.3 is 0 Å². The van der Waals surface area contributed by atoms with Crippen molar-refractivity contribution in [2.24, 2.45) is 7.05 Å². The molecule has 0 atom stereocenters. The van der Waals surface area contributed by atoms with Crippen LogP contribution < -0.4 is 15.5 Å². The van der Waals surface area contributed by atoms with Crippen molar-refractivity contribution in [3.63, 3.8) is 0 Å². The van der Waals surface area contributed by atoms with Crippen molar-refractivity contribution in [1.29, 1.82) is 0 Å². The number of hydrogen-bond donors (Lipinski definition) is 2. The number of carbonyl (C=O) groups is 1. The fourth-order valence-corrected chi connectivity index (χ4v) is 3.90. The molecule has 31 heavy (non-hydrogen) atoms. The lowest BCUT2D eigenvalue weighted by Gasteiger charge is -2.30. The predicted octanol–water partition coefficient (Wildman–Crippen LogP) is 2.69. The van der Waals surface area contributed by atoms with Crippen LogP contribution in [-0.2, 0) is 7.05 Å². The van der Waals surface area contributed by atoms with Crippen molar-refractivity contribution in [3.8, 4) is 11.4 Å². The number of aromatic nitrogens is 4. The number of piperazine rings is 1. The lowest BCUT2D eigenvalue weighted by Crippen LogP contribution is -2.43. The van der Waals surface area contributed by atoms with Crippen LogP contribution in [0, 0.1) is 0 Å². The second kappa shape index (κ2) is 8.16. The van der Waals surface area contributed by atoms with E-state index < -0.39 is 0 Å². The van der Waals surface area contributed by atoms with E-state index in [2.05, 4.69) is 41.1 Å². The van der Waals surface area contributed by atoms with E-state index in [1.54, 1.807) is 24.7 Å². The molecule has 0 unspecified atom stereocenters. The van der Waals surface area contributed by atoms with Crippen molar-refractivity contribution < 1.29 is 4.79 Å². The molecule has 0 saturated carbocycles. The topological polar surface area (TPSA) is 88.0 Å². The maximum atomic E-state index is 13.0. The molecule has 0 spiro atoms. The summed E-state index contributed by atoms with van der Waals surface area (Å²) >= 11 is 0. The Labute approximate surface area is 180 Å². The van der Waals surface area contributed by atoms with Crippen molar-refractivity contribution in [3.05, 3.63) is 66.9 Å². The molecule has 4 heterocycles. The van der Waals surface area contributed by atoms with E-state index in [0.29, 0.717) is 17.2 Å². The number of aryl methyl sites for hydroxylation is 1. The first-order valence-corrected chi connectivity index (χ1v) is 10.3. The first-order valence-electron chi connectivity index (χ1n) is 10.3. The number of nitrogens with one attached hydrogen (secondary N) is 2. The van der Waals surface area contributed by atoms with Gasteiger partial charge in [0.25, 0.3) is 5.91 Å². The van der Waals surface area contributed by atoms with Gasteiger partial charge in [-0.25, -0.2) is 9.97 Å². The molecule has 1 fully saturated rings. The molecule has 1 saturated heterocycles. The highest BCUT2D eigenvalue weighted by Crippen LogP contribution is 2.26. The molecular formula is C23H23N7O. The Kier molecular flexibility index (Phi) is 5.05. The van der Waals surface area contributed by atoms with Crippen LogP contribution in [0.15, 0.2) is 61.2 Å². The monoisotopic (exact) mass is 413 g/mol. The predicted molar refractivity (Wildman–Crippen MR) is 121 cm³/mol. The van der Waals surface area contributed by atoms with Crippen LogP contribution in [0.5, 0.6) is 0 Å². The molecule has 2 N–H and O–H groups in total. The quantitative estimate of drug-likeness (QED) is 0.535. The van der Waals surface area contributed by atoms with Crippen molar-refractivity contribution in [1.82, 2.24) is 24.8 Å². The summed E-state index contributed by atoms with van der Waals surface area (Å²) in [5.74, 6) is 0.237. The van der Waals surface area contributed by atoms with E-state index in [1.807, 2.05) is 37.5 Å². The molecule has 0 radical (unpaired) electrons. The van der Waals surface area contributed by atoms with E-state index >= 15 is 0 Å². The van der Waals surface area contributed by atoms with Gasteiger partial charge in [0.05, 0.1) is 17.6 Å². The molecule has 8 heteroatoms. The molecule has 8 nitrogen and oxygen atoms in total. The number of fused-ring (bicyclic) bond motifs is 1. The summed E-state index contributed by atoms with van der Waals surface area (Å²) in [7, 11) is 2.01. The third-order valence-electron chi connectivity index (χ3n) is 5.54. The summed E-state index contributed by atoms with van der Waals surface area (Å²) < 4.78 is 2.06. The number of nitrogens with zero attached hydrogens (tertiary/aromatic N) is 5. The first kappa shape index (κ1) is 19.2. The molecule has 0 aliphatic carbocycles. The van der Waals surface area contributed by atoms with Gasteiger partial charge in [-0.1, -0.05) is 0 Å². The highest BCUT2D eigenvalue weighted by Gasteiger charge is 2.17. The number of benzene rings is 1. The average molecular weight is 413 g/mol. The Morgan fingerprint density at radius 2 is 1.97 bits per heavy atom. The zero-order valence-electron chi connectivity index (χ0n) is 17.2. The van der Waals surface area contributed by atoms with Crippen LogP contribution in [-0.4, -0.2) is 51.6 Å². The lowest BCUT2D eigenvalue weighted by molar-refractivity contribution is 0.102. The third kappa shape index (κ3) is 3.85. The molecule has 156 valence electrons. The number of rotatable bonds is 4. The number of anilines is 2. The summed E-state index contributed by atoms with van der Waals surface area (Å²) in [4.78, 5) is 28.3. The van der Waals surface area contributed by atoms with Gasteiger partial charge in [0.1, 0.15) is 5.69 Å². The van der Waals surface area contributed by atoms with Gasteiger partial charge in [-0.2, -0.15) is 0 Å². The zero-order valence-corrected chi connectivity index (χ0v) is 17.2. The Morgan fingerprint density at radius 1 is 1.10 bits per heavy atom. The van der Waals surface area contributed by atoms with Crippen molar-refractivity contribution in [2.45, 2.75) is 0 Å². The Hall–Kier alpha value is -3.78. The fraction of sp³-hybridized carbons (Fsp3) is 0.217. The Balaban J connectivity index is 1.40. The maximum Gasteiger partial charge on any atom is 0.274 e. The highest BCUT2D eigenvalue weighted by atomic mass is 16.1. The van der Waals surface area contributed by atoms with Gasteiger partial charge in [0, 0.05) is 68.3 Å². The summed E-state index contributed by atoms with van der Waals surface area (Å²) in [6.45, 7) is 3.59. The number of pyridine rings is 1. The van der Waals surface area contributed by atoms with E-state index in [9.17, 15) is 4.79 Å². The lowest BCUT2D eigenvalue weighted by atomic mass is 10.1. The summed E-state index contributed by atoms with van der Waals surface area (Å²) in [5, 5.41) is 7.43. The second-order valence-electron chi connectivity index (χ2n) is 7.55. The molecule has 1 amide bonds. The molecule has 1 aromatic carbocycles. The van der Waals surface area contributed by atoms with Gasteiger partial charge in [-0.3, -0.25) is 9.78 Å². The van der Waals surface area contributed by atoms with Crippen molar-refractivity contribution in [2.75, 3.05) is 36.4 Å². The standard InChI is InChI=1S/C23H23N7O/c1-29-11-6-16-14-17(2-3-20(16)29)22-26-8-4-18(27-22)23(31)28-19-15-25-7-5-21(19)30-12-9-24-10-13-30/h2-8,11,14-15,24H,9-10,12-13H2,1H3,(H,28,31). The summed E-state index contributed by atoms with van der Waals surface area (Å²) in [5.41, 5.74) is 3.97. The molecular weight excluding hydrogens is 390 g/mol. The normalized spacial score (nSPS) is 14.0. The second-order valence-corrected chi connectivity index (χ2v) is 7.55.